The number of benzene rings is 3. The zero-order valence-electron chi connectivity index (χ0n) is 20.2. The van der Waals surface area contributed by atoms with Gasteiger partial charge in [0.1, 0.15) is 24.6 Å². The van der Waals surface area contributed by atoms with Crippen molar-refractivity contribution in [3.8, 4) is 17.2 Å². The van der Waals surface area contributed by atoms with Crippen LogP contribution >= 0.6 is 0 Å². The molecule has 0 aliphatic carbocycles. The largest absolute Gasteiger partial charge is 0.491 e. The van der Waals surface area contributed by atoms with Crippen molar-refractivity contribution in [2.45, 2.75) is 32.2 Å². The Labute approximate surface area is 205 Å². The quantitative estimate of drug-likeness (QED) is 0.363. The van der Waals surface area contributed by atoms with Gasteiger partial charge in [0.15, 0.2) is 16.9 Å². The molecule has 35 heavy (non-hydrogen) atoms. The van der Waals surface area contributed by atoms with E-state index in [9.17, 15) is 4.79 Å². The molecule has 3 aliphatic heterocycles. The first-order valence-electron chi connectivity index (χ1n) is 12.3. The predicted octanol–water partition coefficient (Wildman–Crippen LogP) is 4.88. The third-order valence-corrected chi connectivity index (χ3v) is 7.69. The predicted molar refractivity (Wildman–Crippen MR) is 133 cm³/mol. The molecule has 1 spiro atoms. The molecule has 0 radical (unpaired) electrons. The van der Waals surface area contributed by atoms with Crippen molar-refractivity contribution < 1.29 is 23.7 Å². The van der Waals surface area contributed by atoms with Gasteiger partial charge < -0.3 is 18.9 Å². The van der Waals surface area contributed by atoms with Crippen LogP contribution in [0.15, 0.2) is 60.7 Å². The summed E-state index contributed by atoms with van der Waals surface area (Å²) in [4.78, 5) is 14.9. The van der Waals surface area contributed by atoms with Crippen LogP contribution in [-0.4, -0.2) is 39.1 Å². The molecule has 0 bridgehead atoms. The molecule has 0 saturated heterocycles. The number of para-hydroxylation sites is 1. The molecule has 3 aliphatic rings. The second kappa shape index (κ2) is 8.40. The first kappa shape index (κ1) is 22.1. The van der Waals surface area contributed by atoms with E-state index >= 15 is 0 Å². The summed E-state index contributed by atoms with van der Waals surface area (Å²) >= 11 is 0. The lowest BCUT2D eigenvalue weighted by Gasteiger charge is -2.34. The molecule has 1 amide bonds. The standard InChI is InChI=1S/C29H30NO5/c1-3-32-14-8-13-30(17-21-10-5-4-9-20(21)2)24-12-7-6-11-22(24)29(28(30)31)18-33-25-16-27-26(15-23(25)29)34-19-35-27/h4-7,9-12,15-16H,3,8,13-14,17-19H2,1-2H3/q+1. The Morgan fingerprint density at radius 1 is 0.943 bits per heavy atom. The fourth-order valence-corrected chi connectivity index (χ4v) is 5.95. The lowest BCUT2D eigenvalue weighted by Crippen LogP contribution is -2.57. The van der Waals surface area contributed by atoms with Gasteiger partial charge in [0, 0.05) is 35.8 Å². The highest BCUT2D eigenvalue weighted by molar-refractivity contribution is 6.08. The number of rotatable bonds is 7. The van der Waals surface area contributed by atoms with Gasteiger partial charge in [0.25, 0.3) is 0 Å². The van der Waals surface area contributed by atoms with Gasteiger partial charge in [-0.3, -0.25) is 0 Å². The van der Waals surface area contributed by atoms with E-state index < -0.39 is 5.41 Å². The average molecular weight is 473 g/mol. The van der Waals surface area contributed by atoms with Crippen LogP contribution in [0.4, 0.5) is 5.69 Å². The van der Waals surface area contributed by atoms with Crippen LogP contribution in [0.1, 0.15) is 35.6 Å². The SMILES string of the molecule is CCOCCC[N+]1(Cc2ccccc2C)C(=O)C2(COc3cc4c(cc32)OCO4)c2ccccc21. The molecule has 6 heteroatoms. The van der Waals surface area contributed by atoms with E-state index in [-0.39, 0.29) is 23.8 Å². The van der Waals surface area contributed by atoms with Crippen molar-refractivity contribution in [2.24, 2.45) is 0 Å². The fourth-order valence-electron chi connectivity index (χ4n) is 5.95. The van der Waals surface area contributed by atoms with Gasteiger partial charge in [-0.05, 0) is 31.5 Å². The molecule has 180 valence electrons. The number of nitrogens with zero attached hydrogens (tertiary/aromatic N) is 1. The highest BCUT2D eigenvalue weighted by atomic mass is 16.7. The zero-order chi connectivity index (χ0) is 24.0. The molecule has 2 unspecified atom stereocenters. The highest BCUT2D eigenvalue weighted by Gasteiger charge is 2.66. The third-order valence-electron chi connectivity index (χ3n) is 7.69. The van der Waals surface area contributed by atoms with Crippen molar-refractivity contribution in [3.05, 3.63) is 82.9 Å². The molecule has 6 nitrogen and oxygen atoms in total. The van der Waals surface area contributed by atoms with Gasteiger partial charge in [-0.25, -0.2) is 9.28 Å². The van der Waals surface area contributed by atoms with E-state index in [1.54, 1.807) is 0 Å². The topological polar surface area (TPSA) is 54.0 Å². The number of hydrogen-bond donors (Lipinski definition) is 0. The summed E-state index contributed by atoms with van der Waals surface area (Å²) in [7, 11) is 0. The molecule has 2 atom stereocenters. The summed E-state index contributed by atoms with van der Waals surface area (Å²) in [6, 6.07) is 20.4. The Morgan fingerprint density at radius 3 is 2.54 bits per heavy atom. The number of aryl methyl sites for hydroxylation is 1. The Morgan fingerprint density at radius 2 is 1.71 bits per heavy atom. The van der Waals surface area contributed by atoms with Gasteiger partial charge in [-0.1, -0.05) is 42.5 Å². The first-order chi connectivity index (χ1) is 17.1. The van der Waals surface area contributed by atoms with Gasteiger partial charge in [0.05, 0.1) is 13.2 Å². The van der Waals surface area contributed by atoms with Crippen molar-refractivity contribution in [1.29, 1.82) is 0 Å². The van der Waals surface area contributed by atoms with E-state index in [1.165, 1.54) is 11.1 Å². The molecule has 3 heterocycles. The molecule has 0 N–H and O–H groups in total. The number of quaternary nitrogens is 1. The number of carbonyl (C=O) groups excluding carboxylic acids is 1. The summed E-state index contributed by atoms with van der Waals surface area (Å²) < 4.78 is 23.4. The highest BCUT2D eigenvalue weighted by Crippen LogP contribution is 2.57. The van der Waals surface area contributed by atoms with E-state index in [4.69, 9.17) is 18.9 Å². The van der Waals surface area contributed by atoms with Gasteiger partial charge >= 0.3 is 5.91 Å². The van der Waals surface area contributed by atoms with Crippen LogP contribution in [0.2, 0.25) is 0 Å². The summed E-state index contributed by atoms with van der Waals surface area (Å²) in [6.45, 7) is 7.12. The molecule has 6 rings (SSSR count). The Kier molecular flexibility index (Phi) is 5.31. The smallest absolute Gasteiger partial charge is 0.338 e. The Bertz CT molecular complexity index is 1300. The maximum absolute atomic E-state index is 14.9. The monoisotopic (exact) mass is 472 g/mol. The van der Waals surface area contributed by atoms with Crippen LogP contribution < -0.4 is 18.7 Å². The zero-order valence-corrected chi connectivity index (χ0v) is 20.2. The number of carbonyl (C=O) groups is 1. The minimum Gasteiger partial charge on any atom is -0.491 e. The summed E-state index contributed by atoms with van der Waals surface area (Å²) in [5.41, 5.74) is 4.41. The van der Waals surface area contributed by atoms with Crippen LogP contribution in [0.25, 0.3) is 0 Å². The lowest BCUT2D eigenvalue weighted by atomic mass is 9.77. The molecule has 0 aromatic heterocycles. The van der Waals surface area contributed by atoms with E-state index in [0.29, 0.717) is 43.6 Å². The summed E-state index contributed by atoms with van der Waals surface area (Å²) in [5.74, 6) is 2.18. The average Bonchev–Trinajstić information content (AvgIpc) is 3.54. The maximum Gasteiger partial charge on any atom is 0.338 e. The van der Waals surface area contributed by atoms with Crippen LogP contribution in [0.3, 0.4) is 0 Å². The van der Waals surface area contributed by atoms with E-state index in [2.05, 4.69) is 37.3 Å². The maximum atomic E-state index is 14.9. The second-order valence-corrected chi connectivity index (χ2v) is 9.54. The Balaban J connectivity index is 1.53. The molecule has 3 aromatic rings. The van der Waals surface area contributed by atoms with Crippen molar-refractivity contribution in [2.75, 3.05) is 33.2 Å². The minimum atomic E-state index is -0.888. The number of hydrogen-bond acceptors (Lipinski definition) is 5. The molecule has 0 fully saturated rings. The second-order valence-electron chi connectivity index (χ2n) is 9.54. The molecular formula is C29H30NO5+. The molecule has 0 saturated carbocycles. The van der Waals surface area contributed by atoms with Crippen molar-refractivity contribution in [3.63, 3.8) is 0 Å². The van der Waals surface area contributed by atoms with Crippen molar-refractivity contribution >= 4 is 11.6 Å². The normalized spacial score (nSPS) is 23.4. The van der Waals surface area contributed by atoms with Crippen molar-refractivity contribution in [1.82, 2.24) is 4.48 Å². The summed E-state index contributed by atoms with van der Waals surface area (Å²) in [6.07, 6.45) is 0.782. The lowest BCUT2D eigenvalue weighted by molar-refractivity contribution is -0.134. The number of amides is 1. The van der Waals surface area contributed by atoms with E-state index in [1.807, 2.05) is 37.3 Å². The Hall–Kier alpha value is -3.35. The van der Waals surface area contributed by atoms with Gasteiger partial charge in [-0.2, -0.15) is 0 Å². The fraction of sp³-hybridized carbons (Fsp3) is 0.345. The van der Waals surface area contributed by atoms with Crippen LogP contribution in [0, 0.1) is 6.92 Å². The summed E-state index contributed by atoms with van der Waals surface area (Å²) in [5, 5.41) is 0. The van der Waals surface area contributed by atoms with Crippen LogP contribution in [0.5, 0.6) is 17.2 Å². The third kappa shape index (κ3) is 3.20. The number of fused-ring (bicyclic) bond motifs is 5. The number of ether oxygens (including phenoxy) is 4. The van der Waals surface area contributed by atoms with Crippen LogP contribution in [-0.2, 0) is 21.5 Å². The molecule has 3 aromatic carbocycles. The van der Waals surface area contributed by atoms with E-state index in [0.717, 1.165) is 23.2 Å². The minimum absolute atomic E-state index is 0.149. The van der Waals surface area contributed by atoms with Gasteiger partial charge in [-0.15, -0.1) is 0 Å². The molecular weight excluding hydrogens is 442 g/mol. The first-order valence-corrected chi connectivity index (χ1v) is 12.3. The van der Waals surface area contributed by atoms with Gasteiger partial charge in [0.2, 0.25) is 6.79 Å².